The van der Waals surface area contributed by atoms with E-state index >= 15 is 0 Å². The monoisotopic (exact) mass is 404 g/mol. The van der Waals surface area contributed by atoms with Gasteiger partial charge in [0.15, 0.2) is 0 Å². The number of nitrogens with zero attached hydrogens (tertiary/aromatic N) is 2. The van der Waals surface area contributed by atoms with E-state index in [0.29, 0.717) is 18.1 Å². The lowest BCUT2D eigenvalue weighted by atomic mass is 9.90. The van der Waals surface area contributed by atoms with Crippen LogP contribution >= 0.6 is 0 Å². The number of likely N-dealkylation sites (tertiary alicyclic amines) is 1. The standard InChI is InChI=1S/C24H28N4O2/c25-24(29)20-9-4-8-19(14-20)22-15-26-27-23(22)21-10-5-11-28(16-21)12-13-30-17-18-6-2-1-3-7-18/h1-4,6-9,14-15,21H,5,10-13,16-17H2,(H2,25,29)(H,26,27)/t21-/m0/s1. The predicted octanol–water partition coefficient (Wildman–Crippen LogP) is 3.57. The molecular weight excluding hydrogens is 376 g/mol. The average molecular weight is 405 g/mol. The number of carbonyl (C=O) groups is 1. The number of hydrogen-bond acceptors (Lipinski definition) is 4. The molecule has 2 aromatic carbocycles. The molecule has 6 heteroatoms. The molecule has 1 saturated heterocycles. The number of nitrogens with one attached hydrogen (secondary N) is 1. The molecule has 3 N–H and O–H groups in total. The number of hydrogen-bond donors (Lipinski definition) is 2. The van der Waals surface area contributed by atoms with E-state index in [0.717, 1.165) is 55.9 Å². The highest BCUT2D eigenvalue weighted by atomic mass is 16.5. The highest BCUT2D eigenvalue weighted by molar-refractivity contribution is 5.94. The first kappa shape index (κ1) is 20.3. The summed E-state index contributed by atoms with van der Waals surface area (Å²) in [6.07, 6.45) is 4.10. The van der Waals surface area contributed by atoms with Crippen molar-refractivity contribution in [3.63, 3.8) is 0 Å². The van der Waals surface area contributed by atoms with Crippen LogP contribution in [0.25, 0.3) is 11.1 Å². The number of rotatable bonds is 8. The van der Waals surface area contributed by atoms with Crippen LogP contribution in [0.2, 0.25) is 0 Å². The van der Waals surface area contributed by atoms with Crippen LogP contribution in [0.15, 0.2) is 60.8 Å². The normalized spacial score (nSPS) is 17.1. The van der Waals surface area contributed by atoms with Crippen LogP contribution < -0.4 is 5.73 Å². The number of amides is 1. The Balaban J connectivity index is 1.36. The van der Waals surface area contributed by atoms with Gasteiger partial charge in [0, 0.05) is 35.8 Å². The molecule has 0 radical (unpaired) electrons. The summed E-state index contributed by atoms with van der Waals surface area (Å²) in [5.41, 5.74) is 10.3. The Morgan fingerprint density at radius 3 is 2.90 bits per heavy atom. The minimum Gasteiger partial charge on any atom is -0.375 e. The minimum atomic E-state index is -0.416. The number of aromatic nitrogens is 2. The Kier molecular flexibility index (Phi) is 6.57. The summed E-state index contributed by atoms with van der Waals surface area (Å²) in [6, 6.07) is 17.7. The average Bonchev–Trinajstić information content (AvgIpc) is 3.28. The van der Waals surface area contributed by atoms with Gasteiger partial charge in [0.05, 0.1) is 19.4 Å². The summed E-state index contributed by atoms with van der Waals surface area (Å²) in [6.45, 7) is 4.35. The first-order valence-corrected chi connectivity index (χ1v) is 10.5. The van der Waals surface area contributed by atoms with Gasteiger partial charge < -0.3 is 15.4 Å². The van der Waals surface area contributed by atoms with Crippen LogP contribution in [0.3, 0.4) is 0 Å². The third-order valence-electron chi connectivity index (χ3n) is 5.70. The second kappa shape index (κ2) is 9.69. The van der Waals surface area contributed by atoms with E-state index in [9.17, 15) is 4.79 Å². The van der Waals surface area contributed by atoms with Crippen molar-refractivity contribution in [2.45, 2.75) is 25.4 Å². The number of benzene rings is 2. The maximum Gasteiger partial charge on any atom is 0.248 e. The lowest BCUT2D eigenvalue weighted by Crippen LogP contribution is -2.36. The maximum atomic E-state index is 11.5. The van der Waals surface area contributed by atoms with Gasteiger partial charge in [0.1, 0.15) is 0 Å². The van der Waals surface area contributed by atoms with Gasteiger partial charge in [-0.05, 0) is 42.6 Å². The molecule has 0 saturated carbocycles. The van der Waals surface area contributed by atoms with E-state index in [1.165, 1.54) is 5.56 Å². The summed E-state index contributed by atoms with van der Waals surface area (Å²) < 4.78 is 5.87. The number of carbonyl (C=O) groups excluding carboxylic acids is 1. The second-order valence-corrected chi connectivity index (χ2v) is 7.82. The Bertz CT molecular complexity index is 970. The fourth-order valence-electron chi connectivity index (χ4n) is 4.13. The molecule has 156 valence electrons. The molecule has 0 bridgehead atoms. The van der Waals surface area contributed by atoms with Gasteiger partial charge in [-0.3, -0.25) is 9.89 Å². The Labute approximate surface area is 177 Å². The summed E-state index contributed by atoms with van der Waals surface area (Å²) in [5, 5.41) is 7.51. The molecule has 0 spiro atoms. The lowest BCUT2D eigenvalue weighted by molar-refractivity contribution is 0.0827. The molecule has 30 heavy (non-hydrogen) atoms. The van der Waals surface area contributed by atoms with Crippen LogP contribution in [0.5, 0.6) is 0 Å². The largest absolute Gasteiger partial charge is 0.375 e. The number of ether oxygens (including phenoxy) is 1. The Hall–Kier alpha value is -2.96. The SMILES string of the molecule is NC(=O)c1cccc(-c2cn[nH]c2[C@H]2CCCN(CCOCc3ccccc3)C2)c1. The van der Waals surface area contributed by atoms with E-state index in [-0.39, 0.29) is 0 Å². The lowest BCUT2D eigenvalue weighted by Gasteiger charge is -2.32. The molecule has 4 rings (SSSR count). The molecule has 1 aliphatic heterocycles. The van der Waals surface area contributed by atoms with Gasteiger partial charge in [-0.1, -0.05) is 42.5 Å². The van der Waals surface area contributed by atoms with Gasteiger partial charge >= 0.3 is 0 Å². The molecule has 1 atom stereocenters. The topological polar surface area (TPSA) is 84.2 Å². The van der Waals surface area contributed by atoms with Crippen molar-refractivity contribution in [1.29, 1.82) is 0 Å². The highest BCUT2D eigenvalue weighted by Crippen LogP contribution is 2.33. The number of nitrogens with two attached hydrogens (primary N) is 1. The minimum absolute atomic E-state index is 0.377. The zero-order chi connectivity index (χ0) is 20.8. The molecule has 1 aliphatic rings. The maximum absolute atomic E-state index is 11.5. The van der Waals surface area contributed by atoms with Crippen molar-refractivity contribution in [3.8, 4) is 11.1 Å². The van der Waals surface area contributed by atoms with Crippen molar-refractivity contribution >= 4 is 5.91 Å². The van der Waals surface area contributed by atoms with E-state index < -0.39 is 5.91 Å². The quantitative estimate of drug-likeness (QED) is 0.562. The van der Waals surface area contributed by atoms with E-state index in [1.807, 2.05) is 42.6 Å². The van der Waals surface area contributed by atoms with Gasteiger partial charge in [-0.2, -0.15) is 5.10 Å². The van der Waals surface area contributed by atoms with Crippen molar-refractivity contribution in [2.24, 2.45) is 5.73 Å². The first-order chi connectivity index (χ1) is 14.7. The molecular formula is C24H28N4O2. The molecule has 3 aromatic rings. The van der Waals surface area contributed by atoms with Crippen molar-refractivity contribution in [2.75, 3.05) is 26.2 Å². The van der Waals surface area contributed by atoms with Gasteiger partial charge in [0.25, 0.3) is 0 Å². The summed E-state index contributed by atoms with van der Waals surface area (Å²) in [5.74, 6) is -0.0381. The van der Waals surface area contributed by atoms with Gasteiger partial charge in [-0.25, -0.2) is 0 Å². The second-order valence-electron chi connectivity index (χ2n) is 7.82. The molecule has 0 aliphatic carbocycles. The Morgan fingerprint density at radius 2 is 2.07 bits per heavy atom. The van der Waals surface area contributed by atoms with Crippen molar-refractivity contribution < 1.29 is 9.53 Å². The number of primary amides is 1. The predicted molar refractivity (Wildman–Crippen MR) is 117 cm³/mol. The third kappa shape index (κ3) is 4.96. The molecule has 1 aromatic heterocycles. The van der Waals surface area contributed by atoms with Crippen LogP contribution in [0, 0.1) is 0 Å². The summed E-state index contributed by atoms with van der Waals surface area (Å²) >= 11 is 0. The van der Waals surface area contributed by atoms with E-state index in [2.05, 4.69) is 27.2 Å². The number of piperidine rings is 1. The Morgan fingerprint density at radius 1 is 1.20 bits per heavy atom. The molecule has 6 nitrogen and oxygen atoms in total. The molecule has 0 unspecified atom stereocenters. The first-order valence-electron chi connectivity index (χ1n) is 10.5. The van der Waals surface area contributed by atoms with Crippen molar-refractivity contribution in [1.82, 2.24) is 15.1 Å². The third-order valence-corrected chi connectivity index (χ3v) is 5.70. The fourth-order valence-corrected chi connectivity index (χ4v) is 4.13. The summed E-state index contributed by atoms with van der Waals surface area (Å²) in [7, 11) is 0. The molecule has 1 fully saturated rings. The van der Waals surface area contributed by atoms with Crippen molar-refractivity contribution in [3.05, 3.63) is 77.6 Å². The fraction of sp³-hybridized carbons (Fsp3) is 0.333. The van der Waals surface area contributed by atoms with Crippen LogP contribution in [0.4, 0.5) is 0 Å². The van der Waals surface area contributed by atoms with Gasteiger partial charge in [-0.15, -0.1) is 0 Å². The molecule has 1 amide bonds. The van der Waals surface area contributed by atoms with Gasteiger partial charge in [0.2, 0.25) is 5.91 Å². The van der Waals surface area contributed by atoms with Crippen LogP contribution in [-0.2, 0) is 11.3 Å². The van der Waals surface area contributed by atoms with E-state index in [1.54, 1.807) is 6.07 Å². The van der Waals surface area contributed by atoms with Crippen LogP contribution in [0.1, 0.15) is 40.4 Å². The number of H-pyrrole nitrogens is 1. The summed E-state index contributed by atoms with van der Waals surface area (Å²) in [4.78, 5) is 14.0. The number of aromatic amines is 1. The zero-order valence-corrected chi connectivity index (χ0v) is 17.1. The highest BCUT2D eigenvalue weighted by Gasteiger charge is 2.25. The van der Waals surface area contributed by atoms with E-state index in [4.69, 9.17) is 10.5 Å². The smallest absolute Gasteiger partial charge is 0.248 e. The zero-order valence-electron chi connectivity index (χ0n) is 17.1. The molecule has 2 heterocycles. The van der Waals surface area contributed by atoms with Crippen LogP contribution in [-0.4, -0.2) is 47.2 Å².